The van der Waals surface area contributed by atoms with Crippen molar-refractivity contribution in [1.82, 2.24) is 14.7 Å². The fourth-order valence-corrected chi connectivity index (χ4v) is 2.97. The Morgan fingerprint density at radius 2 is 2.13 bits per heavy atom. The highest BCUT2D eigenvalue weighted by Crippen LogP contribution is 2.29. The van der Waals surface area contributed by atoms with Gasteiger partial charge in [-0.1, -0.05) is 12.1 Å². The van der Waals surface area contributed by atoms with Gasteiger partial charge in [0.05, 0.1) is 12.1 Å². The van der Waals surface area contributed by atoms with Crippen molar-refractivity contribution in [2.75, 3.05) is 0 Å². The van der Waals surface area contributed by atoms with Crippen molar-refractivity contribution in [2.24, 2.45) is 7.05 Å². The van der Waals surface area contributed by atoms with Gasteiger partial charge in [-0.15, -0.1) is 0 Å². The summed E-state index contributed by atoms with van der Waals surface area (Å²) < 4.78 is 15.2. The van der Waals surface area contributed by atoms with E-state index in [1.54, 1.807) is 6.07 Å². The van der Waals surface area contributed by atoms with Gasteiger partial charge in [0.15, 0.2) is 0 Å². The molecule has 1 aliphatic rings. The predicted molar refractivity (Wildman–Crippen MR) is 86.4 cm³/mol. The quantitative estimate of drug-likeness (QED) is 0.851. The lowest BCUT2D eigenvalue weighted by Crippen LogP contribution is -2.34. The van der Waals surface area contributed by atoms with Crippen molar-refractivity contribution in [3.63, 3.8) is 0 Å². The normalized spacial score (nSPS) is 14.1. The molecule has 0 saturated heterocycles. The molecular weight excluding hydrogens is 293 g/mol. The highest BCUT2D eigenvalue weighted by molar-refractivity contribution is 5.80. The van der Waals surface area contributed by atoms with Crippen LogP contribution in [0.4, 0.5) is 4.39 Å². The number of aryl methyl sites for hydroxylation is 2. The lowest BCUT2D eigenvalue weighted by molar-refractivity contribution is -0.131. The van der Waals surface area contributed by atoms with E-state index in [2.05, 4.69) is 5.10 Å². The summed E-state index contributed by atoms with van der Waals surface area (Å²) >= 11 is 0. The van der Waals surface area contributed by atoms with Crippen LogP contribution in [0.2, 0.25) is 0 Å². The van der Waals surface area contributed by atoms with E-state index >= 15 is 0 Å². The van der Waals surface area contributed by atoms with E-state index in [1.807, 2.05) is 36.5 Å². The van der Waals surface area contributed by atoms with Crippen LogP contribution in [0.1, 0.15) is 35.4 Å². The molecule has 122 valence electrons. The number of carbonyl (C=O) groups is 1. The molecule has 4 nitrogen and oxygen atoms in total. The molecule has 3 rings (SSSR count). The molecule has 1 saturated carbocycles. The number of benzene rings is 1. The second-order valence-electron chi connectivity index (χ2n) is 6.33. The SMILES string of the molecule is Cc1nn(C)c(C)c1CC(=O)N(Cc1cccc(F)c1)C1CC1. The lowest BCUT2D eigenvalue weighted by atomic mass is 10.1. The van der Waals surface area contributed by atoms with Crippen LogP contribution in [0.5, 0.6) is 0 Å². The first kappa shape index (κ1) is 15.7. The van der Waals surface area contributed by atoms with Crippen molar-refractivity contribution in [2.45, 2.75) is 45.7 Å². The summed E-state index contributed by atoms with van der Waals surface area (Å²) in [6, 6.07) is 6.78. The van der Waals surface area contributed by atoms with Crippen LogP contribution >= 0.6 is 0 Å². The van der Waals surface area contributed by atoms with Crippen molar-refractivity contribution in [1.29, 1.82) is 0 Å². The summed E-state index contributed by atoms with van der Waals surface area (Å²) in [5.74, 6) is -0.166. The fourth-order valence-electron chi connectivity index (χ4n) is 2.97. The molecule has 2 aromatic rings. The first-order valence-corrected chi connectivity index (χ1v) is 7.98. The maximum absolute atomic E-state index is 13.4. The topological polar surface area (TPSA) is 38.1 Å². The number of nitrogens with zero attached hydrogens (tertiary/aromatic N) is 3. The smallest absolute Gasteiger partial charge is 0.227 e. The molecule has 0 unspecified atom stereocenters. The Hall–Kier alpha value is -2.17. The zero-order chi connectivity index (χ0) is 16.6. The van der Waals surface area contributed by atoms with E-state index in [-0.39, 0.29) is 11.7 Å². The molecular formula is C18H22FN3O. The van der Waals surface area contributed by atoms with E-state index in [4.69, 9.17) is 0 Å². The van der Waals surface area contributed by atoms with Crippen LogP contribution in [0.3, 0.4) is 0 Å². The molecule has 1 aromatic carbocycles. The van der Waals surface area contributed by atoms with Gasteiger partial charge < -0.3 is 4.90 Å². The molecule has 0 spiro atoms. The van der Waals surface area contributed by atoms with E-state index in [0.29, 0.717) is 19.0 Å². The second kappa shape index (κ2) is 6.14. The number of halogens is 1. The molecule has 0 radical (unpaired) electrons. The molecule has 23 heavy (non-hydrogen) atoms. The van der Waals surface area contributed by atoms with Gasteiger partial charge in [-0.25, -0.2) is 4.39 Å². The van der Waals surface area contributed by atoms with Crippen LogP contribution < -0.4 is 0 Å². The molecule has 0 aliphatic heterocycles. The number of rotatable bonds is 5. The van der Waals surface area contributed by atoms with Crippen molar-refractivity contribution < 1.29 is 9.18 Å². The number of carbonyl (C=O) groups excluding carboxylic acids is 1. The Balaban J connectivity index is 1.77. The third-order valence-corrected chi connectivity index (χ3v) is 4.54. The largest absolute Gasteiger partial charge is 0.335 e. The number of hydrogen-bond donors (Lipinski definition) is 0. The summed E-state index contributed by atoms with van der Waals surface area (Å²) in [6.07, 6.45) is 2.43. The van der Waals surface area contributed by atoms with Crippen molar-refractivity contribution in [3.8, 4) is 0 Å². The summed E-state index contributed by atoms with van der Waals surface area (Å²) in [6.45, 7) is 4.39. The predicted octanol–water partition coefficient (Wildman–Crippen LogP) is 2.91. The maximum Gasteiger partial charge on any atom is 0.227 e. The minimum Gasteiger partial charge on any atom is -0.335 e. The van der Waals surface area contributed by atoms with Gasteiger partial charge in [-0.3, -0.25) is 9.48 Å². The van der Waals surface area contributed by atoms with E-state index < -0.39 is 0 Å². The van der Waals surface area contributed by atoms with Gasteiger partial charge in [0, 0.05) is 30.9 Å². The second-order valence-corrected chi connectivity index (χ2v) is 6.33. The van der Waals surface area contributed by atoms with Crippen LogP contribution in [0.15, 0.2) is 24.3 Å². The van der Waals surface area contributed by atoms with Crippen molar-refractivity contribution in [3.05, 3.63) is 52.6 Å². The van der Waals surface area contributed by atoms with E-state index in [1.165, 1.54) is 12.1 Å². The van der Waals surface area contributed by atoms with Gasteiger partial charge in [0.2, 0.25) is 5.91 Å². The first-order chi connectivity index (χ1) is 11.0. The monoisotopic (exact) mass is 315 g/mol. The first-order valence-electron chi connectivity index (χ1n) is 7.98. The summed E-state index contributed by atoms with van der Waals surface area (Å²) in [5, 5.41) is 4.38. The average Bonchev–Trinajstić information content (AvgIpc) is 3.30. The lowest BCUT2D eigenvalue weighted by Gasteiger charge is -2.23. The maximum atomic E-state index is 13.4. The van der Waals surface area contributed by atoms with Crippen molar-refractivity contribution >= 4 is 5.91 Å². The fraction of sp³-hybridized carbons (Fsp3) is 0.444. The minimum atomic E-state index is -0.260. The van der Waals surface area contributed by atoms with Gasteiger partial charge in [0.25, 0.3) is 0 Å². The molecule has 1 amide bonds. The van der Waals surface area contributed by atoms with Gasteiger partial charge in [-0.2, -0.15) is 5.10 Å². The number of hydrogen-bond acceptors (Lipinski definition) is 2. The Morgan fingerprint density at radius 3 is 2.70 bits per heavy atom. The summed E-state index contributed by atoms with van der Waals surface area (Å²) in [5.41, 5.74) is 3.77. The van der Waals surface area contributed by atoms with Crippen LogP contribution in [0.25, 0.3) is 0 Å². The zero-order valence-corrected chi connectivity index (χ0v) is 13.8. The average molecular weight is 315 g/mol. The Kier molecular flexibility index (Phi) is 4.20. The van der Waals surface area contributed by atoms with Gasteiger partial charge in [0.1, 0.15) is 5.82 Å². The molecule has 1 aliphatic carbocycles. The third kappa shape index (κ3) is 3.44. The minimum absolute atomic E-state index is 0.0935. The van der Waals surface area contributed by atoms with E-state index in [9.17, 15) is 9.18 Å². The molecule has 0 bridgehead atoms. The zero-order valence-electron chi connectivity index (χ0n) is 13.8. The molecule has 1 fully saturated rings. The highest BCUT2D eigenvalue weighted by atomic mass is 19.1. The molecule has 1 aromatic heterocycles. The summed E-state index contributed by atoms with van der Waals surface area (Å²) in [7, 11) is 1.89. The molecule has 5 heteroatoms. The van der Waals surface area contributed by atoms with Crippen LogP contribution in [-0.4, -0.2) is 26.6 Å². The van der Waals surface area contributed by atoms with Crippen LogP contribution in [0, 0.1) is 19.7 Å². The Bertz CT molecular complexity index is 734. The molecule has 0 atom stereocenters. The summed E-state index contributed by atoms with van der Waals surface area (Å²) in [4.78, 5) is 14.7. The number of aromatic nitrogens is 2. The highest BCUT2D eigenvalue weighted by Gasteiger charge is 2.33. The van der Waals surface area contributed by atoms with E-state index in [0.717, 1.165) is 35.4 Å². The molecule has 1 heterocycles. The molecule has 0 N–H and O–H groups in total. The standard InChI is InChI=1S/C18H22FN3O/c1-12-17(13(2)21(3)20-12)10-18(23)22(16-7-8-16)11-14-5-4-6-15(19)9-14/h4-6,9,16H,7-8,10-11H2,1-3H3. The van der Waals surface area contributed by atoms with Gasteiger partial charge >= 0.3 is 0 Å². The van der Waals surface area contributed by atoms with Gasteiger partial charge in [-0.05, 0) is 44.4 Å². The number of amides is 1. The third-order valence-electron chi connectivity index (χ3n) is 4.54. The Morgan fingerprint density at radius 1 is 1.39 bits per heavy atom. The Labute approximate surface area is 135 Å². The van der Waals surface area contributed by atoms with Crippen LogP contribution in [-0.2, 0) is 24.8 Å².